The number of pyridine rings is 1. The molecular formula is C26H24ClN3O2. The van der Waals surface area contributed by atoms with Crippen LogP contribution in [0.25, 0.3) is 33.9 Å². The predicted octanol–water partition coefficient (Wildman–Crippen LogP) is 6.40. The number of aromatic amines is 1. The fraction of sp³-hybridized carbons (Fsp3) is 0.192. The summed E-state index contributed by atoms with van der Waals surface area (Å²) in [4.78, 5) is 23.8. The molecule has 4 aromatic rings. The number of carbonyl (C=O) groups is 1. The lowest BCUT2D eigenvalue weighted by Gasteiger charge is -2.16. The summed E-state index contributed by atoms with van der Waals surface area (Å²) in [6.45, 7) is 6.14. The highest BCUT2D eigenvalue weighted by molar-refractivity contribution is 6.30. The number of hydrogen-bond acceptors (Lipinski definition) is 3. The first-order chi connectivity index (χ1) is 15.3. The minimum Gasteiger partial charge on any atom is -0.481 e. The number of nitrogens with zero attached hydrogens (tertiary/aromatic N) is 2. The van der Waals surface area contributed by atoms with E-state index in [0.29, 0.717) is 11.4 Å². The maximum Gasteiger partial charge on any atom is 0.303 e. The summed E-state index contributed by atoms with van der Waals surface area (Å²) < 4.78 is 0. The van der Waals surface area contributed by atoms with Crippen LogP contribution < -0.4 is 0 Å². The zero-order chi connectivity index (χ0) is 22.8. The number of rotatable bonds is 6. The maximum absolute atomic E-state index is 11.2. The minimum absolute atomic E-state index is 0.0978. The van der Waals surface area contributed by atoms with Gasteiger partial charge >= 0.3 is 5.97 Å². The highest BCUT2D eigenvalue weighted by Gasteiger charge is 2.20. The number of halogens is 1. The molecule has 2 N–H and O–H groups in total. The molecule has 0 unspecified atom stereocenters. The first kappa shape index (κ1) is 21.8. The number of imidazole rings is 1. The Balaban J connectivity index is 1.91. The van der Waals surface area contributed by atoms with Gasteiger partial charge in [0.1, 0.15) is 5.82 Å². The Kier molecular flexibility index (Phi) is 6.10. The zero-order valence-corrected chi connectivity index (χ0v) is 19.0. The van der Waals surface area contributed by atoms with E-state index in [1.54, 1.807) is 12.4 Å². The number of nitrogens with one attached hydrogen (secondary N) is 1. The van der Waals surface area contributed by atoms with Crippen molar-refractivity contribution in [3.05, 3.63) is 82.1 Å². The summed E-state index contributed by atoms with van der Waals surface area (Å²) in [6.07, 6.45) is 4.10. The van der Waals surface area contributed by atoms with E-state index in [2.05, 4.69) is 23.0 Å². The standard InChI is InChI=1S/C26H24ClN3O2/c1-15-14-16(2)23(17(3)21(15)8-9-22(31)32)26-29-24(18-4-6-20(27)7-5-18)25(30-26)19-10-12-28-13-11-19/h4-7,10-14H,8-9H2,1-3H3,(H,29,30)(H,31,32). The van der Waals surface area contributed by atoms with Crippen LogP contribution in [0.3, 0.4) is 0 Å². The first-order valence-corrected chi connectivity index (χ1v) is 10.8. The van der Waals surface area contributed by atoms with E-state index in [0.717, 1.165) is 56.2 Å². The lowest BCUT2D eigenvalue weighted by molar-refractivity contribution is -0.136. The molecule has 0 bridgehead atoms. The molecule has 32 heavy (non-hydrogen) atoms. The van der Waals surface area contributed by atoms with Gasteiger partial charge in [-0.05, 0) is 73.7 Å². The van der Waals surface area contributed by atoms with Crippen molar-refractivity contribution in [2.75, 3.05) is 0 Å². The molecule has 5 nitrogen and oxygen atoms in total. The van der Waals surface area contributed by atoms with Gasteiger partial charge in [-0.25, -0.2) is 4.98 Å². The van der Waals surface area contributed by atoms with Crippen molar-refractivity contribution >= 4 is 17.6 Å². The van der Waals surface area contributed by atoms with Crippen molar-refractivity contribution in [2.45, 2.75) is 33.6 Å². The van der Waals surface area contributed by atoms with Crippen LogP contribution in [0.2, 0.25) is 5.02 Å². The summed E-state index contributed by atoms with van der Waals surface area (Å²) in [6, 6.07) is 13.6. The van der Waals surface area contributed by atoms with Gasteiger partial charge in [0.15, 0.2) is 0 Å². The van der Waals surface area contributed by atoms with Crippen molar-refractivity contribution in [2.24, 2.45) is 0 Å². The second-order valence-corrected chi connectivity index (χ2v) is 8.37. The van der Waals surface area contributed by atoms with E-state index in [1.807, 2.05) is 50.2 Å². The Bertz CT molecular complexity index is 1280. The molecule has 0 aliphatic carbocycles. The van der Waals surface area contributed by atoms with E-state index >= 15 is 0 Å². The van der Waals surface area contributed by atoms with Gasteiger partial charge in [-0.2, -0.15) is 0 Å². The average Bonchev–Trinajstić information content (AvgIpc) is 3.19. The fourth-order valence-corrected chi connectivity index (χ4v) is 4.37. The summed E-state index contributed by atoms with van der Waals surface area (Å²) in [7, 11) is 0. The van der Waals surface area contributed by atoms with Crippen molar-refractivity contribution in [3.63, 3.8) is 0 Å². The van der Waals surface area contributed by atoms with Crippen LogP contribution in [0.15, 0.2) is 54.9 Å². The van der Waals surface area contributed by atoms with E-state index in [-0.39, 0.29) is 6.42 Å². The second-order valence-electron chi connectivity index (χ2n) is 7.93. The molecule has 0 atom stereocenters. The molecule has 4 rings (SSSR count). The van der Waals surface area contributed by atoms with Gasteiger partial charge in [0.05, 0.1) is 11.4 Å². The molecule has 0 saturated heterocycles. The quantitative estimate of drug-likeness (QED) is 0.359. The number of aryl methyl sites for hydroxylation is 2. The van der Waals surface area contributed by atoms with E-state index in [9.17, 15) is 9.90 Å². The number of benzene rings is 2. The number of aromatic nitrogens is 3. The normalized spacial score (nSPS) is 11.0. The van der Waals surface area contributed by atoms with Crippen LogP contribution >= 0.6 is 11.6 Å². The van der Waals surface area contributed by atoms with Gasteiger partial charge in [0.25, 0.3) is 0 Å². The third-order valence-corrected chi connectivity index (χ3v) is 6.00. The van der Waals surface area contributed by atoms with Gasteiger partial charge in [-0.15, -0.1) is 0 Å². The molecule has 0 aliphatic heterocycles. The lowest BCUT2D eigenvalue weighted by atomic mass is 9.90. The molecule has 0 amide bonds. The average molecular weight is 446 g/mol. The van der Waals surface area contributed by atoms with Gasteiger partial charge in [-0.1, -0.05) is 29.8 Å². The lowest BCUT2D eigenvalue weighted by Crippen LogP contribution is -2.04. The fourth-order valence-electron chi connectivity index (χ4n) is 4.24. The second kappa shape index (κ2) is 8.97. The van der Waals surface area contributed by atoms with Gasteiger partial charge in [0, 0.05) is 40.5 Å². The maximum atomic E-state index is 11.2. The SMILES string of the molecule is Cc1cc(C)c(-c2nc(-c3ccc(Cl)cc3)c(-c3ccncc3)[nH]2)c(C)c1CCC(=O)O. The van der Waals surface area contributed by atoms with E-state index in [1.165, 1.54) is 0 Å². The number of aliphatic carboxylic acids is 1. The molecule has 2 aromatic heterocycles. The topological polar surface area (TPSA) is 78.9 Å². The Labute approximate surface area is 192 Å². The Morgan fingerprint density at radius 1 is 1.00 bits per heavy atom. The molecule has 2 aromatic carbocycles. The molecule has 0 spiro atoms. The molecule has 0 saturated carbocycles. The summed E-state index contributed by atoms with van der Waals surface area (Å²) >= 11 is 6.10. The largest absolute Gasteiger partial charge is 0.481 e. The Morgan fingerprint density at radius 3 is 2.34 bits per heavy atom. The molecule has 6 heteroatoms. The molecule has 2 heterocycles. The number of carboxylic acids is 1. The van der Waals surface area contributed by atoms with Crippen LogP contribution in [0.4, 0.5) is 0 Å². The van der Waals surface area contributed by atoms with Crippen LogP contribution in [0.5, 0.6) is 0 Å². The van der Waals surface area contributed by atoms with Crippen molar-refractivity contribution in [1.29, 1.82) is 0 Å². The summed E-state index contributed by atoms with van der Waals surface area (Å²) in [5.74, 6) is -0.0396. The van der Waals surface area contributed by atoms with E-state index < -0.39 is 5.97 Å². The third-order valence-electron chi connectivity index (χ3n) is 5.75. The molecule has 162 valence electrons. The Morgan fingerprint density at radius 2 is 1.69 bits per heavy atom. The van der Waals surface area contributed by atoms with Crippen LogP contribution in [0.1, 0.15) is 28.7 Å². The molecular weight excluding hydrogens is 422 g/mol. The summed E-state index contributed by atoms with van der Waals surface area (Å²) in [5, 5.41) is 9.85. The molecule has 0 fully saturated rings. The van der Waals surface area contributed by atoms with E-state index in [4.69, 9.17) is 16.6 Å². The van der Waals surface area contributed by atoms with Gasteiger partial charge < -0.3 is 10.1 Å². The monoisotopic (exact) mass is 445 g/mol. The zero-order valence-electron chi connectivity index (χ0n) is 18.2. The number of hydrogen-bond donors (Lipinski definition) is 2. The first-order valence-electron chi connectivity index (χ1n) is 10.4. The van der Waals surface area contributed by atoms with Gasteiger partial charge in [-0.3, -0.25) is 9.78 Å². The predicted molar refractivity (Wildman–Crippen MR) is 128 cm³/mol. The smallest absolute Gasteiger partial charge is 0.303 e. The van der Waals surface area contributed by atoms with Crippen LogP contribution in [-0.2, 0) is 11.2 Å². The Hall–Kier alpha value is -3.44. The van der Waals surface area contributed by atoms with Crippen molar-refractivity contribution < 1.29 is 9.90 Å². The van der Waals surface area contributed by atoms with Gasteiger partial charge in [0.2, 0.25) is 0 Å². The molecule has 0 aliphatic rings. The summed E-state index contributed by atoms with van der Waals surface area (Å²) in [5.41, 5.74) is 8.98. The number of carboxylic acid groups (broad SMARTS) is 1. The highest BCUT2D eigenvalue weighted by Crippen LogP contribution is 2.37. The van der Waals surface area contributed by atoms with Crippen LogP contribution in [-0.4, -0.2) is 26.0 Å². The minimum atomic E-state index is -0.797. The molecule has 0 radical (unpaired) electrons. The number of H-pyrrole nitrogens is 1. The van der Waals surface area contributed by atoms with Crippen LogP contribution in [0, 0.1) is 20.8 Å². The van der Waals surface area contributed by atoms with Crippen molar-refractivity contribution in [1.82, 2.24) is 15.0 Å². The van der Waals surface area contributed by atoms with Crippen molar-refractivity contribution in [3.8, 4) is 33.9 Å². The third kappa shape index (κ3) is 4.30. The highest BCUT2D eigenvalue weighted by atomic mass is 35.5.